The molecular formula is C10H16N2O4. The molecule has 3 atom stereocenters. The highest BCUT2D eigenvalue weighted by molar-refractivity contribution is 5.77. The van der Waals surface area contributed by atoms with Crippen LogP contribution < -0.4 is 5.32 Å². The van der Waals surface area contributed by atoms with Gasteiger partial charge in [0.15, 0.2) is 0 Å². The van der Waals surface area contributed by atoms with E-state index in [-0.39, 0.29) is 12.5 Å². The monoisotopic (exact) mass is 228 g/mol. The summed E-state index contributed by atoms with van der Waals surface area (Å²) in [5, 5.41) is 21.0. The summed E-state index contributed by atoms with van der Waals surface area (Å²) in [6, 6.07) is -0.923. The normalized spacial score (nSPS) is 34.6. The highest BCUT2D eigenvalue weighted by atomic mass is 16.4. The van der Waals surface area contributed by atoms with Crippen LogP contribution in [-0.4, -0.2) is 58.3 Å². The number of nitrogens with one attached hydrogen (secondary N) is 1. The van der Waals surface area contributed by atoms with E-state index in [0.717, 1.165) is 19.4 Å². The lowest BCUT2D eigenvalue weighted by Gasteiger charge is -2.40. The molecule has 0 radical (unpaired) electrons. The Morgan fingerprint density at radius 1 is 1.38 bits per heavy atom. The molecule has 90 valence electrons. The van der Waals surface area contributed by atoms with Gasteiger partial charge in [0, 0.05) is 18.6 Å². The SMILES string of the molecule is O=C(O)CC1NCC2CCCN2C1C(=O)O. The van der Waals surface area contributed by atoms with E-state index in [2.05, 4.69) is 5.32 Å². The third-order valence-corrected chi connectivity index (χ3v) is 3.42. The molecule has 2 heterocycles. The fourth-order valence-corrected chi connectivity index (χ4v) is 2.76. The van der Waals surface area contributed by atoms with Crippen LogP contribution in [0.1, 0.15) is 19.3 Å². The van der Waals surface area contributed by atoms with Gasteiger partial charge in [-0.3, -0.25) is 14.5 Å². The Balaban J connectivity index is 2.13. The molecule has 2 aliphatic heterocycles. The fraction of sp³-hybridized carbons (Fsp3) is 0.800. The summed E-state index contributed by atoms with van der Waals surface area (Å²) < 4.78 is 0. The molecule has 2 aliphatic rings. The first-order valence-corrected chi connectivity index (χ1v) is 5.53. The number of aliphatic carboxylic acids is 2. The Kier molecular flexibility index (Phi) is 3.11. The molecule has 0 bridgehead atoms. The molecule has 0 spiro atoms. The molecule has 6 heteroatoms. The molecule has 3 unspecified atom stereocenters. The maximum absolute atomic E-state index is 11.2. The molecule has 0 aromatic rings. The van der Waals surface area contributed by atoms with Crippen LogP contribution in [0, 0.1) is 0 Å². The van der Waals surface area contributed by atoms with Crippen molar-refractivity contribution in [2.75, 3.05) is 13.1 Å². The van der Waals surface area contributed by atoms with Crippen LogP contribution in [0.2, 0.25) is 0 Å². The van der Waals surface area contributed by atoms with Gasteiger partial charge in [-0.25, -0.2) is 0 Å². The number of carboxylic acids is 2. The van der Waals surface area contributed by atoms with Crippen molar-refractivity contribution in [2.45, 2.75) is 37.4 Å². The summed E-state index contributed by atoms with van der Waals surface area (Å²) in [6.07, 6.45) is 1.85. The molecule has 0 amide bonds. The molecule has 0 aliphatic carbocycles. The molecule has 2 rings (SSSR count). The number of carbonyl (C=O) groups is 2. The zero-order valence-corrected chi connectivity index (χ0v) is 8.93. The van der Waals surface area contributed by atoms with Crippen LogP contribution in [0.15, 0.2) is 0 Å². The summed E-state index contributed by atoms with van der Waals surface area (Å²) in [6.45, 7) is 1.46. The maximum atomic E-state index is 11.2. The number of fused-ring (bicyclic) bond motifs is 1. The van der Waals surface area contributed by atoms with Crippen molar-refractivity contribution >= 4 is 11.9 Å². The maximum Gasteiger partial charge on any atom is 0.322 e. The fourth-order valence-electron chi connectivity index (χ4n) is 2.76. The van der Waals surface area contributed by atoms with Crippen molar-refractivity contribution in [3.05, 3.63) is 0 Å². The van der Waals surface area contributed by atoms with Crippen LogP contribution in [-0.2, 0) is 9.59 Å². The second-order valence-corrected chi connectivity index (χ2v) is 4.43. The summed E-state index contributed by atoms with van der Waals surface area (Å²) in [7, 11) is 0. The second-order valence-electron chi connectivity index (χ2n) is 4.43. The zero-order chi connectivity index (χ0) is 11.7. The van der Waals surface area contributed by atoms with Crippen LogP contribution in [0.4, 0.5) is 0 Å². The second kappa shape index (κ2) is 4.39. The molecule has 3 N–H and O–H groups in total. The number of piperazine rings is 1. The first-order valence-electron chi connectivity index (χ1n) is 5.53. The highest BCUT2D eigenvalue weighted by Gasteiger charge is 2.43. The van der Waals surface area contributed by atoms with E-state index in [9.17, 15) is 14.7 Å². The number of hydrogen-bond acceptors (Lipinski definition) is 4. The minimum Gasteiger partial charge on any atom is -0.481 e. The van der Waals surface area contributed by atoms with Gasteiger partial charge in [0.1, 0.15) is 6.04 Å². The number of nitrogens with zero attached hydrogens (tertiary/aromatic N) is 1. The van der Waals surface area contributed by atoms with Gasteiger partial charge >= 0.3 is 11.9 Å². The standard InChI is InChI=1S/C10H16N2O4/c13-8(14)4-7-9(10(15)16)12-3-1-2-6(12)5-11-7/h6-7,9,11H,1-5H2,(H,13,14)(H,15,16). The van der Waals surface area contributed by atoms with Gasteiger partial charge < -0.3 is 15.5 Å². The minimum atomic E-state index is -0.957. The van der Waals surface area contributed by atoms with Crippen molar-refractivity contribution in [2.24, 2.45) is 0 Å². The number of carboxylic acid groups (broad SMARTS) is 2. The molecule has 0 aromatic heterocycles. The van der Waals surface area contributed by atoms with Crippen molar-refractivity contribution in [1.82, 2.24) is 10.2 Å². The average Bonchev–Trinajstić information content (AvgIpc) is 2.63. The molecule has 16 heavy (non-hydrogen) atoms. The van der Waals surface area contributed by atoms with Crippen molar-refractivity contribution in [3.63, 3.8) is 0 Å². The van der Waals surface area contributed by atoms with E-state index >= 15 is 0 Å². The molecule has 0 saturated carbocycles. The lowest BCUT2D eigenvalue weighted by atomic mass is 9.98. The van der Waals surface area contributed by atoms with Crippen LogP contribution in [0.5, 0.6) is 0 Å². The van der Waals surface area contributed by atoms with Crippen molar-refractivity contribution < 1.29 is 19.8 Å². The predicted molar refractivity (Wildman–Crippen MR) is 55.2 cm³/mol. The van der Waals surface area contributed by atoms with Crippen LogP contribution in [0.3, 0.4) is 0 Å². The first-order chi connectivity index (χ1) is 7.59. The molecule has 2 saturated heterocycles. The molecule has 0 aromatic carbocycles. The first kappa shape index (κ1) is 11.3. The Bertz CT molecular complexity index is 307. The van der Waals surface area contributed by atoms with Gasteiger partial charge in [-0.1, -0.05) is 0 Å². The lowest BCUT2D eigenvalue weighted by Crippen LogP contribution is -2.63. The smallest absolute Gasteiger partial charge is 0.322 e. The summed E-state index contributed by atoms with van der Waals surface area (Å²) >= 11 is 0. The minimum absolute atomic E-state index is 0.139. The van der Waals surface area contributed by atoms with Crippen molar-refractivity contribution in [3.8, 4) is 0 Å². The average molecular weight is 228 g/mol. The third-order valence-electron chi connectivity index (χ3n) is 3.42. The van der Waals surface area contributed by atoms with Gasteiger partial charge in [-0.15, -0.1) is 0 Å². The molecular weight excluding hydrogens is 212 g/mol. The van der Waals surface area contributed by atoms with Crippen LogP contribution >= 0.6 is 0 Å². The highest BCUT2D eigenvalue weighted by Crippen LogP contribution is 2.26. The van der Waals surface area contributed by atoms with Gasteiger partial charge in [0.2, 0.25) is 0 Å². The summed E-state index contributed by atoms with van der Waals surface area (Å²) in [5.74, 6) is -1.88. The number of rotatable bonds is 3. The Morgan fingerprint density at radius 2 is 2.12 bits per heavy atom. The topological polar surface area (TPSA) is 89.9 Å². The lowest BCUT2D eigenvalue weighted by molar-refractivity contribution is -0.147. The van der Waals surface area contributed by atoms with E-state index in [1.807, 2.05) is 4.90 Å². The van der Waals surface area contributed by atoms with E-state index < -0.39 is 24.0 Å². The van der Waals surface area contributed by atoms with E-state index in [1.165, 1.54) is 0 Å². The van der Waals surface area contributed by atoms with E-state index in [1.54, 1.807) is 0 Å². The number of hydrogen-bond donors (Lipinski definition) is 3. The zero-order valence-electron chi connectivity index (χ0n) is 8.93. The van der Waals surface area contributed by atoms with Gasteiger partial charge in [0.25, 0.3) is 0 Å². The Hall–Kier alpha value is -1.14. The third kappa shape index (κ3) is 2.03. The summed E-state index contributed by atoms with van der Waals surface area (Å²) in [5.41, 5.74) is 0. The molecule has 6 nitrogen and oxygen atoms in total. The van der Waals surface area contributed by atoms with E-state index in [0.29, 0.717) is 6.54 Å². The van der Waals surface area contributed by atoms with Crippen LogP contribution in [0.25, 0.3) is 0 Å². The molecule has 2 fully saturated rings. The van der Waals surface area contributed by atoms with Gasteiger partial charge in [0.05, 0.1) is 6.42 Å². The Morgan fingerprint density at radius 3 is 2.75 bits per heavy atom. The van der Waals surface area contributed by atoms with E-state index in [4.69, 9.17) is 5.11 Å². The quantitative estimate of drug-likeness (QED) is 0.595. The Labute approximate surface area is 93.2 Å². The summed E-state index contributed by atoms with van der Waals surface area (Å²) in [4.78, 5) is 23.8. The van der Waals surface area contributed by atoms with Gasteiger partial charge in [-0.2, -0.15) is 0 Å². The largest absolute Gasteiger partial charge is 0.481 e. The van der Waals surface area contributed by atoms with Crippen molar-refractivity contribution in [1.29, 1.82) is 0 Å². The van der Waals surface area contributed by atoms with Gasteiger partial charge in [-0.05, 0) is 19.4 Å². The predicted octanol–water partition coefficient (Wildman–Crippen LogP) is -0.649.